The molecular formula is C6H10N2O2. The molecule has 1 aromatic heterocycles. The number of hydrogen-bond donors (Lipinski definition) is 2. The Kier molecular flexibility index (Phi) is 2.03. The molecule has 0 aromatic carbocycles. The third-order valence-corrected chi connectivity index (χ3v) is 1.20. The molecule has 10 heavy (non-hydrogen) atoms. The number of aromatic nitrogens is 1. The van der Waals surface area contributed by atoms with Gasteiger partial charge in [-0.2, -0.15) is 0 Å². The first-order valence-electron chi connectivity index (χ1n) is 3.05. The van der Waals surface area contributed by atoms with E-state index in [0.717, 1.165) is 5.69 Å². The lowest BCUT2D eigenvalue weighted by Crippen LogP contribution is -2.10. The average Bonchev–Trinajstić information content (AvgIpc) is 2.34. The van der Waals surface area contributed by atoms with E-state index in [1.54, 1.807) is 13.0 Å². The van der Waals surface area contributed by atoms with E-state index in [1.165, 1.54) is 0 Å². The largest absolute Gasteiger partial charge is 0.384 e. The van der Waals surface area contributed by atoms with Gasteiger partial charge in [-0.1, -0.05) is 5.16 Å². The van der Waals surface area contributed by atoms with Crippen molar-refractivity contribution < 1.29 is 9.63 Å². The average molecular weight is 142 g/mol. The van der Waals surface area contributed by atoms with Crippen LogP contribution >= 0.6 is 0 Å². The molecule has 1 atom stereocenters. The summed E-state index contributed by atoms with van der Waals surface area (Å²) in [4.78, 5) is 0. The minimum absolute atomic E-state index is 0.161. The van der Waals surface area contributed by atoms with E-state index >= 15 is 0 Å². The second kappa shape index (κ2) is 2.81. The molecule has 56 valence electrons. The molecule has 0 fully saturated rings. The molecule has 0 aliphatic rings. The molecule has 3 N–H and O–H groups in total. The zero-order chi connectivity index (χ0) is 7.56. The Morgan fingerprint density at radius 3 is 3.00 bits per heavy atom. The van der Waals surface area contributed by atoms with Crippen LogP contribution in [0.5, 0.6) is 0 Å². The van der Waals surface area contributed by atoms with Crippen molar-refractivity contribution in [2.45, 2.75) is 13.0 Å². The Labute approximate surface area is 58.6 Å². The van der Waals surface area contributed by atoms with E-state index in [2.05, 4.69) is 5.16 Å². The molecule has 0 saturated heterocycles. The van der Waals surface area contributed by atoms with Crippen LogP contribution < -0.4 is 5.73 Å². The standard InChI is InChI=1S/C6H10N2O2/c1-4-2-6(10-8-4)5(9)3-7/h2,5,9H,3,7H2,1H3/t5-/m0/s1. The van der Waals surface area contributed by atoms with Crippen molar-refractivity contribution in [2.75, 3.05) is 6.54 Å². The maximum absolute atomic E-state index is 9.08. The third kappa shape index (κ3) is 1.34. The maximum Gasteiger partial charge on any atom is 0.166 e. The van der Waals surface area contributed by atoms with Crippen LogP contribution in [0.25, 0.3) is 0 Å². The van der Waals surface area contributed by atoms with Crippen LogP contribution in [-0.4, -0.2) is 16.8 Å². The number of hydrogen-bond acceptors (Lipinski definition) is 4. The predicted molar refractivity (Wildman–Crippen MR) is 35.3 cm³/mol. The van der Waals surface area contributed by atoms with Gasteiger partial charge in [0.05, 0.1) is 5.69 Å². The van der Waals surface area contributed by atoms with Crippen LogP contribution in [0.1, 0.15) is 17.6 Å². The van der Waals surface area contributed by atoms with Gasteiger partial charge in [-0.25, -0.2) is 0 Å². The van der Waals surface area contributed by atoms with Gasteiger partial charge in [-0.15, -0.1) is 0 Å². The summed E-state index contributed by atoms with van der Waals surface area (Å²) in [6.07, 6.45) is -0.721. The van der Waals surface area contributed by atoms with Crippen LogP contribution in [0.2, 0.25) is 0 Å². The fraction of sp³-hybridized carbons (Fsp3) is 0.500. The van der Waals surface area contributed by atoms with Crippen LogP contribution in [0.4, 0.5) is 0 Å². The van der Waals surface area contributed by atoms with Gasteiger partial charge in [-0.05, 0) is 6.92 Å². The highest BCUT2D eigenvalue weighted by atomic mass is 16.5. The molecule has 1 heterocycles. The quantitative estimate of drug-likeness (QED) is 0.608. The maximum atomic E-state index is 9.08. The lowest BCUT2D eigenvalue weighted by molar-refractivity contribution is 0.147. The molecule has 0 radical (unpaired) electrons. The predicted octanol–water partition coefficient (Wildman–Crippen LogP) is -0.0249. The van der Waals surface area contributed by atoms with Gasteiger partial charge in [0.1, 0.15) is 6.10 Å². The third-order valence-electron chi connectivity index (χ3n) is 1.20. The summed E-state index contributed by atoms with van der Waals surface area (Å²) in [5.41, 5.74) is 5.93. The summed E-state index contributed by atoms with van der Waals surface area (Å²) in [6, 6.07) is 1.66. The Hall–Kier alpha value is -0.870. The Morgan fingerprint density at radius 1 is 1.90 bits per heavy atom. The van der Waals surface area contributed by atoms with Crippen molar-refractivity contribution in [3.8, 4) is 0 Å². The van der Waals surface area contributed by atoms with Gasteiger partial charge < -0.3 is 15.4 Å². The Bertz CT molecular complexity index is 209. The molecule has 1 rings (SSSR count). The Balaban J connectivity index is 2.74. The number of aryl methyl sites for hydroxylation is 1. The van der Waals surface area contributed by atoms with E-state index in [0.29, 0.717) is 5.76 Å². The highest BCUT2D eigenvalue weighted by Crippen LogP contribution is 2.11. The number of aliphatic hydroxyl groups is 1. The highest BCUT2D eigenvalue weighted by molar-refractivity contribution is 5.05. The molecule has 1 aromatic rings. The monoisotopic (exact) mass is 142 g/mol. The van der Waals surface area contributed by atoms with Crippen molar-refractivity contribution >= 4 is 0 Å². The first kappa shape index (κ1) is 7.24. The van der Waals surface area contributed by atoms with Crippen LogP contribution in [0.3, 0.4) is 0 Å². The van der Waals surface area contributed by atoms with E-state index < -0.39 is 6.10 Å². The minimum atomic E-state index is -0.721. The van der Waals surface area contributed by atoms with E-state index in [1.807, 2.05) is 0 Å². The van der Waals surface area contributed by atoms with Gasteiger partial charge in [0, 0.05) is 12.6 Å². The molecular weight excluding hydrogens is 132 g/mol. The van der Waals surface area contributed by atoms with Gasteiger partial charge in [0.25, 0.3) is 0 Å². The number of rotatable bonds is 2. The van der Waals surface area contributed by atoms with Crippen molar-refractivity contribution in [2.24, 2.45) is 5.73 Å². The van der Waals surface area contributed by atoms with Crippen molar-refractivity contribution in [1.29, 1.82) is 0 Å². The van der Waals surface area contributed by atoms with Crippen LogP contribution in [-0.2, 0) is 0 Å². The zero-order valence-corrected chi connectivity index (χ0v) is 5.74. The molecule has 4 nitrogen and oxygen atoms in total. The van der Waals surface area contributed by atoms with Gasteiger partial charge in [-0.3, -0.25) is 0 Å². The summed E-state index contributed by atoms with van der Waals surface area (Å²) in [5.74, 6) is 0.431. The fourth-order valence-corrected chi connectivity index (χ4v) is 0.656. The lowest BCUT2D eigenvalue weighted by Gasteiger charge is -1.99. The highest BCUT2D eigenvalue weighted by Gasteiger charge is 2.09. The van der Waals surface area contributed by atoms with Gasteiger partial charge >= 0.3 is 0 Å². The molecule has 0 aliphatic heterocycles. The zero-order valence-electron chi connectivity index (χ0n) is 5.74. The molecule has 0 amide bonds. The number of nitrogens with zero attached hydrogens (tertiary/aromatic N) is 1. The fourth-order valence-electron chi connectivity index (χ4n) is 0.656. The first-order valence-corrected chi connectivity index (χ1v) is 3.05. The van der Waals surface area contributed by atoms with Gasteiger partial charge in [0.2, 0.25) is 0 Å². The minimum Gasteiger partial charge on any atom is -0.384 e. The number of aliphatic hydroxyl groups excluding tert-OH is 1. The van der Waals surface area contributed by atoms with E-state index in [9.17, 15) is 0 Å². The van der Waals surface area contributed by atoms with Crippen LogP contribution in [0, 0.1) is 6.92 Å². The number of nitrogens with two attached hydrogens (primary N) is 1. The first-order chi connectivity index (χ1) is 4.74. The molecule has 0 aliphatic carbocycles. The summed E-state index contributed by atoms with van der Waals surface area (Å²) in [5, 5.41) is 12.7. The van der Waals surface area contributed by atoms with Crippen molar-refractivity contribution in [3.63, 3.8) is 0 Å². The second-order valence-electron chi connectivity index (χ2n) is 2.12. The summed E-state index contributed by atoms with van der Waals surface area (Å²) in [7, 11) is 0. The lowest BCUT2D eigenvalue weighted by atomic mass is 10.2. The smallest absolute Gasteiger partial charge is 0.166 e. The van der Waals surface area contributed by atoms with Crippen molar-refractivity contribution in [3.05, 3.63) is 17.5 Å². The molecule has 0 spiro atoms. The van der Waals surface area contributed by atoms with Crippen molar-refractivity contribution in [1.82, 2.24) is 5.16 Å². The Morgan fingerprint density at radius 2 is 2.60 bits per heavy atom. The van der Waals surface area contributed by atoms with Crippen LogP contribution in [0.15, 0.2) is 10.6 Å². The molecule has 0 unspecified atom stereocenters. The molecule has 0 saturated carbocycles. The summed E-state index contributed by atoms with van der Waals surface area (Å²) >= 11 is 0. The summed E-state index contributed by atoms with van der Waals surface area (Å²) < 4.78 is 4.74. The topological polar surface area (TPSA) is 72.3 Å². The summed E-state index contributed by atoms with van der Waals surface area (Å²) in [6.45, 7) is 1.95. The van der Waals surface area contributed by atoms with E-state index in [-0.39, 0.29) is 6.54 Å². The van der Waals surface area contributed by atoms with E-state index in [4.69, 9.17) is 15.4 Å². The second-order valence-corrected chi connectivity index (χ2v) is 2.12. The normalized spacial score (nSPS) is 13.5. The SMILES string of the molecule is Cc1cc([C@@H](O)CN)on1. The molecule has 0 bridgehead atoms. The van der Waals surface area contributed by atoms with Gasteiger partial charge in [0.15, 0.2) is 5.76 Å². The molecule has 4 heteroatoms.